The standard InChI is InChI=1S/C43H26N4/c44-27-28-17-19-29(20-18-28)45-42-23-21-30(46-38-13-5-1-9-32(38)33-10-2-6-14-39(33)46)25-36(42)37-26-31(22-24-43(37)45)47-40-15-7-3-11-34(40)35-12-4-8-16-41(35)47/h1-26H. The highest BCUT2D eigenvalue weighted by Crippen LogP contribution is 2.39. The third kappa shape index (κ3) is 3.63. The van der Waals surface area contributed by atoms with Crippen molar-refractivity contribution in [2.24, 2.45) is 0 Å². The van der Waals surface area contributed by atoms with Crippen molar-refractivity contribution < 1.29 is 0 Å². The van der Waals surface area contributed by atoms with Gasteiger partial charge in [0, 0.05) is 49.4 Å². The number of fused-ring (bicyclic) bond motifs is 9. The largest absolute Gasteiger partial charge is 0.309 e. The molecule has 0 saturated heterocycles. The molecule has 0 aliphatic rings. The number of nitrogens with zero attached hydrogens (tertiary/aromatic N) is 4. The first-order valence-corrected chi connectivity index (χ1v) is 15.8. The molecule has 3 heterocycles. The zero-order valence-electron chi connectivity index (χ0n) is 25.3. The molecule has 0 aliphatic heterocycles. The van der Waals surface area contributed by atoms with E-state index in [-0.39, 0.29) is 0 Å². The lowest BCUT2D eigenvalue weighted by Gasteiger charge is -2.10. The van der Waals surface area contributed by atoms with E-state index >= 15 is 0 Å². The Bertz CT molecular complexity index is 2630. The monoisotopic (exact) mass is 598 g/mol. The highest BCUT2D eigenvalue weighted by atomic mass is 15.0. The van der Waals surface area contributed by atoms with Crippen LogP contribution in [0.25, 0.3) is 82.5 Å². The van der Waals surface area contributed by atoms with Gasteiger partial charge >= 0.3 is 0 Å². The minimum atomic E-state index is 0.650. The van der Waals surface area contributed by atoms with Gasteiger partial charge in [-0.3, -0.25) is 0 Å². The fraction of sp³-hybridized carbons (Fsp3) is 0. The summed E-state index contributed by atoms with van der Waals surface area (Å²) < 4.78 is 7.08. The molecule has 7 aromatic carbocycles. The van der Waals surface area contributed by atoms with Crippen LogP contribution in [0.3, 0.4) is 0 Å². The zero-order chi connectivity index (χ0) is 31.1. The van der Waals surface area contributed by atoms with Crippen molar-refractivity contribution >= 4 is 65.4 Å². The van der Waals surface area contributed by atoms with Crippen LogP contribution < -0.4 is 0 Å². The van der Waals surface area contributed by atoms with Gasteiger partial charge in [0.2, 0.25) is 0 Å². The van der Waals surface area contributed by atoms with Crippen LogP contribution in [0.1, 0.15) is 5.56 Å². The summed E-state index contributed by atoms with van der Waals surface area (Å²) in [5, 5.41) is 16.8. The Balaban J connectivity index is 1.30. The van der Waals surface area contributed by atoms with Crippen LogP contribution in [0.5, 0.6) is 0 Å². The summed E-state index contributed by atoms with van der Waals surface area (Å²) in [6, 6.07) is 58.4. The van der Waals surface area contributed by atoms with Crippen molar-refractivity contribution in [1.29, 1.82) is 5.26 Å². The summed E-state index contributed by atoms with van der Waals surface area (Å²) >= 11 is 0. The predicted molar refractivity (Wildman–Crippen MR) is 194 cm³/mol. The topological polar surface area (TPSA) is 38.6 Å². The summed E-state index contributed by atoms with van der Waals surface area (Å²) in [6.07, 6.45) is 0. The second kappa shape index (κ2) is 9.71. The normalized spacial score (nSPS) is 11.8. The Hall–Kier alpha value is -6.57. The van der Waals surface area contributed by atoms with Crippen molar-refractivity contribution in [2.75, 3.05) is 0 Å². The molecular weight excluding hydrogens is 573 g/mol. The van der Waals surface area contributed by atoms with Crippen LogP contribution in [-0.2, 0) is 0 Å². The first-order chi connectivity index (χ1) is 23.3. The molecule has 0 spiro atoms. The molecule has 0 atom stereocenters. The van der Waals surface area contributed by atoms with Crippen molar-refractivity contribution in [2.45, 2.75) is 0 Å². The van der Waals surface area contributed by atoms with Crippen molar-refractivity contribution in [3.63, 3.8) is 0 Å². The minimum Gasteiger partial charge on any atom is -0.309 e. The summed E-state index contributed by atoms with van der Waals surface area (Å²) in [5.74, 6) is 0. The summed E-state index contributed by atoms with van der Waals surface area (Å²) in [4.78, 5) is 0. The van der Waals surface area contributed by atoms with Crippen LogP contribution in [0.4, 0.5) is 0 Å². The molecule has 0 amide bonds. The van der Waals surface area contributed by atoms with E-state index in [1.54, 1.807) is 0 Å². The average molecular weight is 599 g/mol. The molecule has 10 aromatic rings. The van der Waals surface area contributed by atoms with Crippen LogP contribution in [0, 0.1) is 11.3 Å². The number of hydrogen-bond acceptors (Lipinski definition) is 1. The molecule has 0 aliphatic carbocycles. The number of benzene rings is 7. The lowest BCUT2D eigenvalue weighted by atomic mass is 10.1. The molecule has 4 heteroatoms. The number of aromatic nitrogens is 3. The van der Waals surface area contributed by atoms with E-state index in [9.17, 15) is 5.26 Å². The van der Waals surface area contributed by atoms with E-state index in [2.05, 4.69) is 153 Å². The molecule has 0 fully saturated rings. The SMILES string of the molecule is N#Cc1ccc(-n2c3ccc(-n4c5ccccc5c5ccccc54)cc3c3cc(-n4c5ccccc5c5ccccc54)ccc32)cc1. The molecule has 218 valence electrons. The van der Waals surface area contributed by atoms with E-state index in [1.165, 1.54) is 54.4 Å². The average Bonchev–Trinajstić information content (AvgIpc) is 3.77. The molecule has 0 bridgehead atoms. The van der Waals surface area contributed by atoms with Crippen molar-refractivity contribution in [1.82, 2.24) is 13.7 Å². The maximum atomic E-state index is 9.48. The highest BCUT2D eigenvalue weighted by molar-refractivity contribution is 6.14. The number of hydrogen-bond donors (Lipinski definition) is 0. The fourth-order valence-corrected chi connectivity index (χ4v) is 7.64. The molecule has 47 heavy (non-hydrogen) atoms. The third-order valence-corrected chi connectivity index (χ3v) is 9.66. The summed E-state index contributed by atoms with van der Waals surface area (Å²) in [5.41, 5.74) is 10.9. The first-order valence-electron chi connectivity index (χ1n) is 15.8. The molecule has 3 aromatic heterocycles. The highest BCUT2D eigenvalue weighted by Gasteiger charge is 2.18. The van der Waals surface area contributed by atoms with Gasteiger partial charge in [-0.1, -0.05) is 72.8 Å². The zero-order valence-corrected chi connectivity index (χ0v) is 25.3. The smallest absolute Gasteiger partial charge is 0.0991 e. The van der Waals surface area contributed by atoms with E-state index in [1.807, 2.05) is 24.3 Å². The maximum absolute atomic E-state index is 9.48. The van der Waals surface area contributed by atoms with Gasteiger partial charge in [0.15, 0.2) is 0 Å². The number of para-hydroxylation sites is 4. The van der Waals surface area contributed by atoms with Gasteiger partial charge in [-0.15, -0.1) is 0 Å². The van der Waals surface area contributed by atoms with Gasteiger partial charge in [-0.25, -0.2) is 0 Å². The molecule has 4 nitrogen and oxygen atoms in total. The van der Waals surface area contributed by atoms with E-state index in [0.717, 1.165) is 28.1 Å². The van der Waals surface area contributed by atoms with E-state index in [0.29, 0.717) is 5.56 Å². The molecule has 0 radical (unpaired) electrons. The quantitative estimate of drug-likeness (QED) is 0.199. The Kier molecular flexibility index (Phi) is 5.32. The van der Waals surface area contributed by atoms with Crippen LogP contribution in [0.2, 0.25) is 0 Å². The molecule has 0 saturated carbocycles. The van der Waals surface area contributed by atoms with Gasteiger partial charge in [0.1, 0.15) is 0 Å². The predicted octanol–water partition coefficient (Wildman–Crippen LogP) is 10.8. The molecule has 0 N–H and O–H groups in total. The summed E-state index contributed by atoms with van der Waals surface area (Å²) in [7, 11) is 0. The lowest BCUT2D eigenvalue weighted by molar-refractivity contribution is 1.16. The lowest BCUT2D eigenvalue weighted by Crippen LogP contribution is -1.96. The summed E-state index contributed by atoms with van der Waals surface area (Å²) in [6.45, 7) is 0. The van der Waals surface area contributed by atoms with Crippen molar-refractivity contribution in [3.05, 3.63) is 163 Å². The first kappa shape index (κ1) is 25.7. The molecule has 10 rings (SSSR count). The van der Waals surface area contributed by atoms with Gasteiger partial charge in [-0.05, 0) is 84.9 Å². The number of rotatable bonds is 3. The van der Waals surface area contributed by atoms with Gasteiger partial charge in [-0.2, -0.15) is 5.26 Å². The van der Waals surface area contributed by atoms with Gasteiger partial charge in [0.25, 0.3) is 0 Å². The van der Waals surface area contributed by atoms with Crippen LogP contribution in [-0.4, -0.2) is 13.7 Å². The van der Waals surface area contributed by atoms with Crippen LogP contribution in [0.15, 0.2) is 158 Å². The molecule has 0 unspecified atom stereocenters. The van der Waals surface area contributed by atoms with E-state index in [4.69, 9.17) is 0 Å². The fourth-order valence-electron chi connectivity index (χ4n) is 7.64. The number of nitriles is 1. The Morgan fingerprint density at radius 3 is 1.02 bits per heavy atom. The van der Waals surface area contributed by atoms with Gasteiger partial charge in [0.05, 0.1) is 44.7 Å². The second-order valence-electron chi connectivity index (χ2n) is 12.1. The van der Waals surface area contributed by atoms with Gasteiger partial charge < -0.3 is 13.7 Å². The Labute approximate surface area is 270 Å². The Morgan fingerprint density at radius 1 is 0.319 bits per heavy atom. The minimum absolute atomic E-state index is 0.650. The third-order valence-electron chi connectivity index (χ3n) is 9.66. The maximum Gasteiger partial charge on any atom is 0.0991 e. The molecular formula is C43H26N4. The van der Waals surface area contributed by atoms with E-state index < -0.39 is 0 Å². The second-order valence-corrected chi connectivity index (χ2v) is 12.1. The Morgan fingerprint density at radius 2 is 0.638 bits per heavy atom. The van der Waals surface area contributed by atoms with Crippen LogP contribution >= 0.6 is 0 Å². The van der Waals surface area contributed by atoms with Crippen molar-refractivity contribution in [3.8, 4) is 23.1 Å².